The summed E-state index contributed by atoms with van der Waals surface area (Å²) in [4.78, 5) is 0. The highest BCUT2D eigenvalue weighted by atomic mass is 32.2. The molecule has 1 aromatic heterocycles. The number of aromatic nitrogens is 2. The normalized spacial score (nSPS) is 11.8. The monoisotopic (exact) mass is 187 g/mol. The number of hydrogen-bond donors (Lipinski definition) is 0. The van der Waals surface area contributed by atoms with Gasteiger partial charge in [0.25, 0.3) is 10.0 Å². The highest BCUT2D eigenvalue weighted by molar-refractivity contribution is 7.89. The van der Waals surface area contributed by atoms with Crippen molar-refractivity contribution in [2.45, 2.75) is 13.3 Å². The van der Waals surface area contributed by atoms with Crippen LogP contribution in [0.2, 0.25) is 0 Å². The fourth-order valence-corrected chi connectivity index (χ4v) is 1.35. The Balaban J connectivity index is 2.92. The Morgan fingerprint density at radius 3 is 2.75 bits per heavy atom. The summed E-state index contributed by atoms with van der Waals surface area (Å²) in [7, 11) is -3.21. The lowest BCUT2D eigenvalue weighted by Gasteiger charge is -1.94. The van der Waals surface area contributed by atoms with E-state index in [0.29, 0.717) is 5.69 Å². The van der Waals surface area contributed by atoms with Crippen molar-refractivity contribution in [3.8, 4) is 0 Å². The zero-order chi connectivity index (χ0) is 9.19. The van der Waals surface area contributed by atoms with Gasteiger partial charge in [0.05, 0.1) is 11.9 Å². The van der Waals surface area contributed by atoms with E-state index in [-0.39, 0.29) is 0 Å². The van der Waals surface area contributed by atoms with Gasteiger partial charge in [-0.25, -0.2) is 8.42 Å². The average Bonchev–Trinajstić information content (AvgIpc) is 2.35. The van der Waals surface area contributed by atoms with Gasteiger partial charge in [0.15, 0.2) is 0 Å². The van der Waals surface area contributed by atoms with Gasteiger partial charge in [-0.3, -0.25) is 0 Å². The van der Waals surface area contributed by atoms with E-state index < -0.39 is 10.0 Å². The lowest BCUT2D eigenvalue weighted by Crippen LogP contribution is -2.10. The molecule has 0 N–H and O–H groups in total. The van der Waals surface area contributed by atoms with E-state index in [2.05, 4.69) is 5.10 Å². The van der Waals surface area contributed by atoms with E-state index in [1.165, 1.54) is 6.20 Å². The molecule has 5 heteroatoms. The van der Waals surface area contributed by atoms with Crippen molar-refractivity contribution >= 4 is 10.0 Å². The van der Waals surface area contributed by atoms with Crippen molar-refractivity contribution in [1.29, 1.82) is 0 Å². The molecule has 0 amide bonds. The van der Waals surface area contributed by atoms with Gasteiger partial charge < -0.3 is 0 Å². The lowest BCUT2D eigenvalue weighted by molar-refractivity contribution is 0.586. The Labute approximate surface area is 72.3 Å². The van der Waals surface area contributed by atoms with Gasteiger partial charge >= 0.3 is 0 Å². The predicted molar refractivity (Wildman–Crippen MR) is 46.2 cm³/mol. The van der Waals surface area contributed by atoms with Crippen LogP contribution in [-0.2, 0) is 10.0 Å². The van der Waals surface area contributed by atoms with Crippen LogP contribution in [-0.4, -0.2) is 23.9 Å². The Morgan fingerprint density at radius 1 is 1.67 bits per heavy atom. The molecular weight excluding hydrogens is 176 g/mol. The van der Waals surface area contributed by atoms with E-state index in [1.54, 1.807) is 6.07 Å². The largest absolute Gasteiger partial charge is 0.250 e. The smallest absolute Gasteiger partial charge is 0.205 e. The first-order valence-electron chi connectivity index (χ1n) is 3.63. The number of nitrogens with zero attached hydrogens (tertiary/aromatic N) is 2. The highest BCUT2D eigenvalue weighted by Crippen LogP contribution is 2.02. The molecule has 0 fully saturated rings. The number of rotatable bonds is 3. The van der Waals surface area contributed by atoms with Crippen LogP contribution in [0.3, 0.4) is 0 Å². The van der Waals surface area contributed by atoms with Gasteiger partial charge in [-0.2, -0.15) is 9.19 Å². The molecule has 12 heavy (non-hydrogen) atoms. The zero-order valence-corrected chi connectivity index (χ0v) is 7.87. The van der Waals surface area contributed by atoms with Crippen molar-refractivity contribution in [3.05, 3.63) is 24.4 Å². The molecule has 0 saturated carbocycles. The van der Waals surface area contributed by atoms with Gasteiger partial charge in [-0.15, -0.1) is 0 Å². The molecule has 67 valence electrons. The second kappa shape index (κ2) is 3.26. The van der Waals surface area contributed by atoms with Crippen molar-refractivity contribution in [1.82, 2.24) is 9.19 Å². The molecule has 1 heterocycles. The van der Waals surface area contributed by atoms with E-state index in [0.717, 1.165) is 16.8 Å². The third-order valence-electron chi connectivity index (χ3n) is 1.34. The Kier molecular flexibility index (Phi) is 2.52. The summed E-state index contributed by atoms with van der Waals surface area (Å²) in [6.07, 6.45) is 5.27. The quantitative estimate of drug-likeness (QED) is 0.698. The van der Waals surface area contributed by atoms with Crippen molar-refractivity contribution in [2.24, 2.45) is 0 Å². The molecule has 0 spiro atoms. The van der Waals surface area contributed by atoms with Crippen LogP contribution in [0.5, 0.6) is 0 Å². The van der Waals surface area contributed by atoms with Gasteiger partial charge in [0.2, 0.25) is 0 Å². The second-order valence-electron chi connectivity index (χ2n) is 2.49. The molecule has 0 aromatic carbocycles. The van der Waals surface area contributed by atoms with Gasteiger partial charge in [0, 0.05) is 12.6 Å². The molecule has 0 saturated heterocycles. The first-order valence-corrected chi connectivity index (χ1v) is 5.48. The van der Waals surface area contributed by atoms with Crippen LogP contribution in [0.1, 0.15) is 19.0 Å². The van der Waals surface area contributed by atoms with Crippen LogP contribution >= 0.6 is 0 Å². The molecule has 0 bridgehead atoms. The van der Waals surface area contributed by atoms with Crippen LogP contribution in [0.4, 0.5) is 0 Å². The fourth-order valence-electron chi connectivity index (χ4n) is 0.823. The van der Waals surface area contributed by atoms with E-state index in [9.17, 15) is 8.42 Å². The second-order valence-corrected chi connectivity index (χ2v) is 4.33. The summed E-state index contributed by atoms with van der Waals surface area (Å²) in [5, 5.41) is 3.84. The minimum absolute atomic E-state index is 0.697. The minimum Gasteiger partial charge on any atom is -0.205 e. The topological polar surface area (TPSA) is 52.0 Å². The third-order valence-corrected chi connectivity index (χ3v) is 2.22. The van der Waals surface area contributed by atoms with Crippen molar-refractivity contribution in [3.63, 3.8) is 0 Å². The summed E-state index contributed by atoms with van der Waals surface area (Å²) in [6, 6.07) is 1.67. The SMILES string of the molecule is CC[CH]c1ccn(S(C)(=O)=O)n1. The van der Waals surface area contributed by atoms with E-state index in [4.69, 9.17) is 0 Å². The van der Waals surface area contributed by atoms with E-state index >= 15 is 0 Å². The van der Waals surface area contributed by atoms with Crippen molar-refractivity contribution < 1.29 is 8.42 Å². The maximum Gasteiger partial charge on any atom is 0.250 e. The molecular formula is C7H11N2O2S. The third kappa shape index (κ3) is 2.07. The molecule has 1 aromatic rings. The number of hydrogen-bond acceptors (Lipinski definition) is 3. The molecule has 0 atom stereocenters. The summed E-state index contributed by atoms with van der Waals surface area (Å²) >= 11 is 0. The molecule has 0 unspecified atom stereocenters. The minimum atomic E-state index is -3.21. The Hall–Kier alpha value is -0.840. The molecule has 4 nitrogen and oxygen atoms in total. The van der Waals surface area contributed by atoms with Gasteiger partial charge in [-0.1, -0.05) is 6.92 Å². The Bertz CT molecular complexity index is 353. The van der Waals surface area contributed by atoms with Crippen molar-refractivity contribution in [2.75, 3.05) is 6.26 Å². The lowest BCUT2D eigenvalue weighted by atomic mass is 10.3. The molecule has 1 rings (SSSR count). The first-order chi connectivity index (χ1) is 5.54. The maximum atomic E-state index is 10.9. The molecule has 1 radical (unpaired) electrons. The first kappa shape index (κ1) is 9.25. The average molecular weight is 187 g/mol. The van der Waals surface area contributed by atoms with Gasteiger partial charge in [-0.05, 0) is 12.5 Å². The highest BCUT2D eigenvalue weighted by Gasteiger charge is 2.06. The van der Waals surface area contributed by atoms with E-state index in [1.807, 2.05) is 13.3 Å². The Morgan fingerprint density at radius 2 is 2.33 bits per heavy atom. The molecule has 0 aliphatic carbocycles. The van der Waals surface area contributed by atoms with Crippen LogP contribution in [0.25, 0.3) is 0 Å². The molecule has 0 aliphatic rings. The van der Waals surface area contributed by atoms with Crippen LogP contribution in [0, 0.1) is 6.42 Å². The standard InChI is InChI=1S/C7H11N2O2S/c1-3-4-7-5-6-9(8-7)12(2,10)11/h4-6H,3H2,1-2H3. The van der Waals surface area contributed by atoms with Crippen LogP contribution in [0.15, 0.2) is 12.3 Å². The van der Waals surface area contributed by atoms with Gasteiger partial charge in [0.1, 0.15) is 0 Å². The maximum absolute atomic E-state index is 10.9. The summed E-state index contributed by atoms with van der Waals surface area (Å²) < 4.78 is 22.8. The summed E-state index contributed by atoms with van der Waals surface area (Å²) in [5.41, 5.74) is 0.697. The summed E-state index contributed by atoms with van der Waals surface area (Å²) in [6.45, 7) is 1.97. The summed E-state index contributed by atoms with van der Waals surface area (Å²) in [5.74, 6) is 0. The fraction of sp³-hybridized carbons (Fsp3) is 0.429. The predicted octanol–water partition coefficient (Wildman–Crippen LogP) is 0.653. The van der Waals surface area contributed by atoms with Crippen LogP contribution < -0.4 is 0 Å². The zero-order valence-electron chi connectivity index (χ0n) is 7.06. The molecule has 0 aliphatic heterocycles.